The molecule has 0 amide bonds. The van der Waals surface area contributed by atoms with Crippen molar-refractivity contribution in [2.45, 2.75) is 6.92 Å². The summed E-state index contributed by atoms with van der Waals surface area (Å²) in [4.78, 5) is 3.93. The highest BCUT2D eigenvalue weighted by Gasteiger charge is 2.11. The van der Waals surface area contributed by atoms with Crippen molar-refractivity contribution < 1.29 is 13.2 Å². The Morgan fingerprint density at radius 2 is 1.89 bits per heavy atom. The number of aromatic nitrogens is 1. The predicted octanol–water partition coefficient (Wildman–Crippen LogP) is 3.13. The Morgan fingerprint density at radius 3 is 2.56 bits per heavy atom. The first-order chi connectivity index (χ1) is 8.47. The van der Waals surface area contributed by atoms with Gasteiger partial charge in [-0.25, -0.2) is 18.2 Å². The number of nitrogen functional groups attached to an aromatic ring is 1. The van der Waals surface area contributed by atoms with Crippen LogP contribution in [0.2, 0.25) is 0 Å². The van der Waals surface area contributed by atoms with E-state index in [4.69, 9.17) is 5.73 Å². The highest BCUT2D eigenvalue weighted by molar-refractivity contribution is 5.62. The molecular weight excluding hydrogens is 243 g/mol. The third-order valence-electron chi connectivity index (χ3n) is 2.40. The molecule has 0 radical (unpaired) electrons. The van der Waals surface area contributed by atoms with Gasteiger partial charge in [0.1, 0.15) is 11.6 Å². The molecule has 18 heavy (non-hydrogen) atoms. The molecule has 0 saturated carbocycles. The minimum Gasteiger partial charge on any atom is -0.398 e. The molecular formula is C12H10F3N3. The summed E-state index contributed by atoms with van der Waals surface area (Å²) >= 11 is 0. The normalized spacial score (nSPS) is 10.4. The summed E-state index contributed by atoms with van der Waals surface area (Å²) < 4.78 is 39.3. The van der Waals surface area contributed by atoms with Gasteiger partial charge in [0.05, 0.1) is 5.69 Å². The lowest BCUT2D eigenvalue weighted by Gasteiger charge is -2.09. The highest BCUT2D eigenvalue weighted by Crippen LogP contribution is 2.23. The lowest BCUT2D eigenvalue weighted by molar-refractivity contribution is 0.498. The second kappa shape index (κ2) is 4.56. The van der Waals surface area contributed by atoms with Crippen LogP contribution in [0, 0.1) is 24.4 Å². The third-order valence-corrected chi connectivity index (χ3v) is 2.40. The molecule has 2 rings (SSSR count). The number of hydrogen-bond donors (Lipinski definition) is 2. The van der Waals surface area contributed by atoms with E-state index in [9.17, 15) is 13.2 Å². The van der Waals surface area contributed by atoms with Gasteiger partial charge >= 0.3 is 0 Å². The Kier molecular flexibility index (Phi) is 3.10. The topological polar surface area (TPSA) is 50.9 Å². The van der Waals surface area contributed by atoms with Gasteiger partial charge in [-0.1, -0.05) is 0 Å². The molecule has 1 heterocycles. The number of rotatable bonds is 2. The summed E-state index contributed by atoms with van der Waals surface area (Å²) in [5, 5.41) is 2.48. The maximum Gasteiger partial charge on any atom is 0.182 e. The maximum atomic E-state index is 13.4. The van der Waals surface area contributed by atoms with E-state index in [1.165, 1.54) is 12.3 Å². The van der Waals surface area contributed by atoms with Crippen LogP contribution in [-0.4, -0.2) is 4.98 Å². The number of aryl methyl sites for hydroxylation is 1. The number of nitrogens with one attached hydrogen (secondary N) is 1. The summed E-state index contributed by atoms with van der Waals surface area (Å²) in [7, 11) is 0. The molecule has 6 heteroatoms. The molecule has 0 atom stereocenters. The molecule has 0 bridgehead atoms. The maximum absolute atomic E-state index is 13.4. The van der Waals surface area contributed by atoms with Gasteiger partial charge in [-0.05, 0) is 12.5 Å². The van der Waals surface area contributed by atoms with Gasteiger partial charge in [-0.15, -0.1) is 0 Å². The molecule has 0 aliphatic heterocycles. The first-order valence-electron chi connectivity index (χ1n) is 5.11. The Labute approximate surface area is 101 Å². The van der Waals surface area contributed by atoms with Crippen LogP contribution in [0.1, 0.15) is 5.56 Å². The minimum absolute atomic E-state index is 0.210. The zero-order chi connectivity index (χ0) is 13.3. The van der Waals surface area contributed by atoms with Gasteiger partial charge in [-0.2, -0.15) is 0 Å². The summed E-state index contributed by atoms with van der Waals surface area (Å²) in [6.45, 7) is 1.76. The Bertz CT molecular complexity index is 599. The standard InChI is InChI=1S/C12H10F3N3/c1-6-5-17-11(4-9(6)16)18-10-3-7(13)2-8(14)12(10)15/h2-5H,1H3,(H3,16,17,18). The number of pyridine rings is 1. The summed E-state index contributed by atoms with van der Waals surface area (Å²) in [5.74, 6) is -3.10. The molecule has 94 valence electrons. The van der Waals surface area contributed by atoms with Gasteiger partial charge in [-0.3, -0.25) is 0 Å². The van der Waals surface area contributed by atoms with Crippen molar-refractivity contribution in [3.63, 3.8) is 0 Å². The summed E-state index contributed by atoms with van der Waals surface area (Å²) in [5.41, 5.74) is 6.52. The fourth-order valence-corrected chi connectivity index (χ4v) is 1.39. The average Bonchev–Trinajstić information content (AvgIpc) is 2.30. The van der Waals surface area contributed by atoms with E-state index in [-0.39, 0.29) is 11.5 Å². The van der Waals surface area contributed by atoms with Crippen molar-refractivity contribution in [2.75, 3.05) is 11.1 Å². The molecule has 0 spiro atoms. The minimum atomic E-state index is -1.27. The van der Waals surface area contributed by atoms with Gasteiger partial charge in [0, 0.05) is 30.1 Å². The van der Waals surface area contributed by atoms with E-state index < -0.39 is 17.5 Å². The first-order valence-corrected chi connectivity index (χ1v) is 5.11. The summed E-state index contributed by atoms with van der Waals surface area (Å²) in [6, 6.07) is 2.77. The first kappa shape index (κ1) is 12.2. The number of nitrogens with two attached hydrogens (primary N) is 1. The number of halogens is 3. The highest BCUT2D eigenvalue weighted by atomic mass is 19.2. The lowest BCUT2D eigenvalue weighted by atomic mass is 10.2. The van der Waals surface area contributed by atoms with Crippen molar-refractivity contribution in [2.24, 2.45) is 0 Å². The second-order valence-corrected chi connectivity index (χ2v) is 3.80. The number of nitrogens with zero attached hydrogens (tertiary/aromatic N) is 1. The van der Waals surface area contributed by atoms with Crippen LogP contribution in [0.3, 0.4) is 0 Å². The Morgan fingerprint density at radius 1 is 1.17 bits per heavy atom. The van der Waals surface area contributed by atoms with E-state index in [2.05, 4.69) is 10.3 Å². The van der Waals surface area contributed by atoms with Crippen molar-refractivity contribution in [1.82, 2.24) is 4.98 Å². The van der Waals surface area contributed by atoms with Crippen LogP contribution in [0.25, 0.3) is 0 Å². The summed E-state index contributed by atoms with van der Waals surface area (Å²) in [6.07, 6.45) is 1.48. The van der Waals surface area contributed by atoms with E-state index in [0.29, 0.717) is 11.8 Å². The molecule has 1 aromatic carbocycles. The van der Waals surface area contributed by atoms with E-state index in [1.807, 2.05) is 0 Å². The largest absolute Gasteiger partial charge is 0.398 e. The molecule has 0 aliphatic carbocycles. The van der Waals surface area contributed by atoms with E-state index in [1.54, 1.807) is 6.92 Å². The second-order valence-electron chi connectivity index (χ2n) is 3.80. The van der Waals surface area contributed by atoms with Gasteiger partial charge in [0.15, 0.2) is 11.6 Å². The van der Waals surface area contributed by atoms with Crippen molar-refractivity contribution in [1.29, 1.82) is 0 Å². The van der Waals surface area contributed by atoms with Gasteiger partial charge in [0.2, 0.25) is 0 Å². The fraction of sp³-hybridized carbons (Fsp3) is 0.0833. The van der Waals surface area contributed by atoms with E-state index >= 15 is 0 Å². The predicted molar refractivity (Wildman–Crippen MR) is 63.0 cm³/mol. The Balaban J connectivity index is 2.36. The number of benzene rings is 1. The zero-order valence-corrected chi connectivity index (χ0v) is 9.47. The smallest absolute Gasteiger partial charge is 0.182 e. The molecule has 0 aliphatic rings. The Hall–Kier alpha value is -2.24. The molecule has 3 N–H and O–H groups in total. The fourth-order valence-electron chi connectivity index (χ4n) is 1.39. The van der Waals surface area contributed by atoms with Crippen LogP contribution in [0.4, 0.5) is 30.4 Å². The van der Waals surface area contributed by atoms with Crippen LogP contribution < -0.4 is 11.1 Å². The molecule has 2 aromatic rings. The van der Waals surface area contributed by atoms with Crippen molar-refractivity contribution in [3.8, 4) is 0 Å². The molecule has 0 saturated heterocycles. The monoisotopic (exact) mass is 253 g/mol. The average molecular weight is 253 g/mol. The molecule has 3 nitrogen and oxygen atoms in total. The SMILES string of the molecule is Cc1cnc(Nc2cc(F)cc(F)c2F)cc1N. The quantitative estimate of drug-likeness (QED) is 0.808. The number of hydrogen-bond acceptors (Lipinski definition) is 3. The molecule has 0 fully saturated rings. The van der Waals surface area contributed by atoms with Crippen molar-refractivity contribution >= 4 is 17.2 Å². The zero-order valence-electron chi connectivity index (χ0n) is 9.47. The molecule has 1 aromatic heterocycles. The molecule has 0 unspecified atom stereocenters. The van der Waals surface area contributed by atoms with Crippen molar-refractivity contribution in [3.05, 3.63) is 47.4 Å². The van der Waals surface area contributed by atoms with Gasteiger partial charge in [0.25, 0.3) is 0 Å². The third kappa shape index (κ3) is 2.37. The lowest BCUT2D eigenvalue weighted by Crippen LogP contribution is -2.01. The van der Waals surface area contributed by atoms with Crippen LogP contribution in [-0.2, 0) is 0 Å². The number of anilines is 3. The van der Waals surface area contributed by atoms with E-state index in [0.717, 1.165) is 11.6 Å². The van der Waals surface area contributed by atoms with Gasteiger partial charge < -0.3 is 11.1 Å². The van der Waals surface area contributed by atoms with Crippen LogP contribution in [0.5, 0.6) is 0 Å². The van der Waals surface area contributed by atoms with Crippen LogP contribution >= 0.6 is 0 Å². The van der Waals surface area contributed by atoms with Crippen LogP contribution in [0.15, 0.2) is 24.4 Å².